The number of hydrogen-bond donors (Lipinski definition) is 4. The molecule has 1 spiro atoms. The molecule has 3 saturated carbocycles. The maximum Gasteiger partial charge on any atom is 0.145 e. The van der Waals surface area contributed by atoms with Crippen molar-refractivity contribution in [1.82, 2.24) is 0 Å². The fraction of sp³-hybridized carbons (Fsp3) is 0.676. The monoisotopic (exact) mass is 540 g/mol. The van der Waals surface area contributed by atoms with Crippen molar-refractivity contribution in [1.29, 1.82) is 0 Å². The molecule has 0 amide bonds. The summed E-state index contributed by atoms with van der Waals surface area (Å²) in [5.41, 5.74) is 2.04. The van der Waals surface area contributed by atoms with Gasteiger partial charge in [0.05, 0.1) is 23.9 Å². The number of rotatable bonds is 11. The van der Waals surface area contributed by atoms with Gasteiger partial charge in [-0.3, -0.25) is 4.79 Å². The molecule has 0 heterocycles. The Bertz CT molecular complexity index is 1000. The average Bonchev–Trinajstić information content (AvgIpc) is 3.47. The number of hydrogen-bond acceptors (Lipinski definition) is 5. The van der Waals surface area contributed by atoms with Crippen molar-refractivity contribution in [2.24, 2.45) is 17.3 Å². The second kappa shape index (κ2) is 13.2. The highest BCUT2D eigenvalue weighted by Crippen LogP contribution is 2.63. The minimum Gasteiger partial charge on any atom is -0.392 e. The molecule has 0 aromatic heterocycles. The average molecular weight is 541 g/mol. The maximum absolute atomic E-state index is 12.0. The van der Waals surface area contributed by atoms with Crippen molar-refractivity contribution in [3.8, 4) is 0 Å². The molecule has 0 saturated heterocycles. The zero-order chi connectivity index (χ0) is 28.8. The van der Waals surface area contributed by atoms with E-state index >= 15 is 0 Å². The molecule has 0 bridgehead atoms. The molecule has 0 aromatic rings. The van der Waals surface area contributed by atoms with E-state index in [9.17, 15) is 25.2 Å². The van der Waals surface area contributed by atoms with E-state index in [2.05, 4.69) is 26.5 Å². The number of aliphatic hydroxyl groups is 4. The van der Waals surface area contributed by atoms with Gasteiger partial charge in [0.1, 0.15) is 6.29 Å². The zero-order valence-electron chi connectivity index (χ0n) is 24.7. The van der Waals surface area contributed by atoms with Gasteiger partial charge in [-0.05, 0) is 109 Å². The topological polar surface area (TPSA) is 98.0 Å². The number of aliphatic hydroxyl groups excluding tert-OH is 2. The lowest BCUT2D eigenvalue weighted by Gasteiger charge is -2.56. The Kier molecular flexibility index (Phi) is 10.8. The quantitative estimate of drug-likeness (QED) is 0.107. The molecule has 3 fully saturated rings. The van der Waals surface area contributed by atoms with Crippen LogP contribution in [0.3, 0.4) is 0 Å². The van der Waals surface area contributed by atoms with E-state index in [-0.39, 0.29) is 18.4 Å². The first-order chi connectivity index (χ1) is 18.4. The number of allylic oxidation sites excluding steroid dienone is 8. The first kappa shape index (κ1) is 31.7. The van der Waals surface area contributed by atoms with Gasteiger partial charge in [-0.1, -0.05) is 60.4 Å². The van der Waals surface area contributed by atoms with Crippen molar-refractivity contribution in [2.45, 2.75) is 122 Å². The van der Waals surface area contributed by atoms with Crippen molar-refractivity contribution in [3.63, 3.8) is 0 Å². The van der Waals surface area contributed by atoms with Crippen LogP contribution in [0.1, 0.15) is 105 Å². The van der Waals surface area contributed by atoms with E-state index in [0.717, 1.165) is 61.5 Å². The molecule has 0 radical (unpaired) electrons. The fourth-order valence-corrected chi connectivity index (χ4v) is 7.79. The van der Waals surface area contributed by atoms with Crippen LogP contribution in [-0.2, 0) is 4.79 Å². The molecule has 5 atom stereocenters. The van der Waals surface area contributed by atoms with Gasteiger partial charge < -0.3 is 20.4 Å². The van der Waals surface area contributed by atoms with E-state index in [1.165, 1.54) is 5.57 Å². The Morgan fingerprint density at radius 1 is 1.10 bits per heavy atom. The van der Waals surface area contributed by atoms with Gasteiger partial charge in [-0.2, -0.15) is 0 Å². The van der Waals surface area contributed by atoms with Crippen LogP contribution in [0.25, 0.3) is 0 Å². The number of carbonyl (C=O) groups excluding carboxylic acids is 1. The van der Waals surface area contributed by atoms with Gasteiger partial charge in [-0.25, -0.2) is 0 Å². The van der Waals surface area contributed by atoms with Crippen LogP contribution >= 0.6 is 0 Å². The van der Waals surface area contributed by atoms with Crippen LogP contribution < -0.4 is 0 Å². The third kappa shape index (κ3) is 6.93. The van der Waals surface area contributed by atoms with E-state index < -0.39 is 22.7 Å². The van der Waals surface area contributed by atoms with Crippen LogP contribution in [0.2, 0.25) is 0 Å². The standard InChI is InChI=1S/C34H52O5/c1-24(2)10-8-11-25(3)12-9-13-27(23-36)29-15-21-34(31(29)37)30(16-20-33(39)17-6-7-18-33)28(26(4)22-35)14-19-32(34,5)38/h9-10,12-13,22,29-31,36-39H,3,6-8,11,14-21,23H2,1-2,4-5H3. The molecule has 5 heteroatoms. The lowest BCUT2D eigenvalue weighted by molar-refractivity contribution is -0.169. The summed E-state index contributed by atoms with van der Waals surface area (Å²) in [4.78, 5) is 11.9. The first-order valence-electron chi connectivity index (χ1n) is 15.0. The molecule has 0 aromatic carbocycles. The van der Waals surface area contributed by atoms with E-state index in [1.54, 1.807) is 0 Å². The third-order valence-corrected chi connectivity index (χ3v) is 10.1. The minimum atomic E-state index is -1.13. The highest BCUT2D eigenvalue weighted by Gasteiger charge is 2.64. The summed E-state index contributed by atoms with van der Waals surface area (Å²) < 4.78 is 0. The van der Waals surface area contributed by atoms with Crippen molar-refractivity contribution in [3.05, 3.63) is 58.7 Å². The second-order valence-corrected chi connectivity index (χ2v) is 13.0. The molecule has 3 aliphatic rings. The van der Waals surface area contributed by atoms with Crippen LogP contribution in [0, 0.1) is 17.3 Å². The van der Waals surface area contributed by atoms with Gasteiger partial charge >= 0.3 is 0 Å². The van der Waals surface area contributed by atoms with Crippen LogP contribution in [0.5, 0.6) is 0 Å². The maximum atomic E-state index is 12.0. The summed E-state index contributed by atoms with van der Waals surface area (Å²) in [6, 6.07) is 0. The van der Waals surface area contributed by atoms with E-state index in [0.29, 0.717) is 44.1 Å². The molecular weight excluding hydrogens is 488 g/mol. The molecule has 218 valence electrons. The summed E-state index contributed by atoms with van der Waals surface area (Å²) in [5.74, 6) is -0.501. The van der Waals surface area contributed by atoms with Crippen molar-refractivity contribution >= 4 is 6.29 Å². The molecule has 3 rings (SSSR count). The summed E-state index contributed by atoms with van der Waals surface area (Å²) in [7, 11) is 0. The highest BCUT2D eigenvalue weighted by atomic mass is 16.3. The Balaban J connectivity index is 1.90. The number of aldehydes is 1. The summed E-state index contributed by atoms with van der Waals surface area (Å²) >= 11 is 0. The van der Waals surface area contributed by atoms with E-state index in [4.69, 9.17) is 0 Å². The number of carbonyl (C=O) groups is 1. The molecule has 4 N–H and O–H groups in total. The van der Waals surface area contributed by atoms with Gasteiger partial charge in [0.25, 0.3) is 0 Å². The Hall–Kier alpha value is -1.79. The summed E-state index contributed by atoms with van der Waals surface area (Å²) in [5, 5.41) is 45.4. The summed E-state index contributed by atoms with van der Waals surface area (Å²) in [6.45, 7) is 11.8. The second-order valence-electron chi connectivity index (χ2n) is 13.0. The Labute approximate surface area is 236 Å². The molecule has 39 heavy (non-hydrogen) atoms. The largest absolute Gasteiger partial charge is 0.392 e. The van der Waals surface area contributed by atoms with Crippen LogP contribution in [0.15, 0.2) is 58.7 Å². The lowest BCUT2D eigenvalue weighted by atomic mass is 9.52. The Morgan fingerprint density at radius 3 is 2.41 bits per heavy atom. The van der Waals surface area contributed by atoms with Gasteiger partial charge in [0.15, 0.2) is 0 Å². The smallest absolute Gasteiger partial charge is 0.145 e. The molecule has 5 nitrogen and oxygen atoms in total. The predicted molar refractivity (Wildman–Crippen MR) is 158 cm³/mol. The van der Waals surface area contributed by atoms with E-state index in [1.807, 2.05) is 32.1 Å². The zero-order valence-corrected chi connectivity index (χ0v) is 24.7. The lowest BCUT2D eigenvalue weighted by Crippen LogP contribution is -2.59. The first-order valence-corrected chi connectivity index (χ1v) is 15.0. The van der Waals surface area contributed by atoms with Crippen LogP contribution in [-0.4, -0.2) is 50.6 Å². The van der Waals surface area contributed by atoms with Crippen molar-refractivity contribution < 1.29 is 25.2 Å². The SMILES string of the molecule is C=C(C=CC=C(CO)C1CCC2(C(CCC3(O)CCCC3)C(=C(C)C=O)CCC2(C)O)C1O)CCC=C(C)C. The predicted octanol–water partition coefficient (Wildman–Crippen LogP) is 6.28. The molecule has 3 aliphatic carbocycles. The van der Waals surface area contributed by atoms with Crippen LogP contribution in [0.4, 0.5) is 0 Å². The third-order valence-electron chi connectivity index (χ3n) is 10.1. The molecule has 5 unspecified atom stereocenters. The highest BCUT2D eigenvalue weighted by molar-refractivity contribution is 5.74. The summed E-state index contributed by atoms with van der Waals surface area (Å²) in [6.07, 6.45) is 16.9. The Morgan fingerprint density at radius 2 is 1.79 bits per heavy atom. The van der Waals surface area contributed by atoms with Crippen molar-refractivity contribution in [2.75, 3.05) is 6.61 Å². The van der Waals surface area contributed by atoms with Gasteiger partial charge in [0.2, 0.25) is 0 Å². The fourth-order valence-electron chi connectivity index (χ4n) is 7.79. The van der Waals surface area contributed by atoms with Gasteiger partial charge in [-0.15, -0.1) is 0 Å². The van der Waals surface area contributed by atoms with Gasteiger partial charge in [0, 0.05) is 11.3 Å². The molecular formula is C34H52O5. The minimum absolute atomic E-state index is 0.172. The normalized spacial score (nSPS) is 34.1. The molecule has 0 aliphatic heterocycles.